The second-order valence-electron chi connectivity index (χ2n) is 7.37. The Bertz CT molecular complexity index is 923. The number of methoxy groups -OCH3 is 1. The smallest absolute Gasteiger partial charge is 0.205 e. The molecule has 3 atom stereocenters. The summed E-state index contributed by atoms with van der Waals surface area (Å²) in [6.45, 7) is 4.11. The van der Waals surface area contributed by atoms with Crippen molar-refractivity contribution < 1.29 is 4.74 Å². The van der Waals surface area contributed by atoms with Gasteiger partial charge in [-0.25, -0.2) is 14.5 Å². The summed E-state index contributed by atoms with van der Waals surface area (Å²) in [7, 11) is 1.68. The molecule has 1 saturated carbocycles. The van der Waals surface area contributed by atoms with Gasteiger partial charge in [0.05, 0.1) is 7.11 Å². The van der Waals surface area contributed by atoms with Crippen molar-refractivity contribution in [2.75, 3.05) is 25.1 Å². The van der Waals surface area contributed by atoms with Crippen molar-refractivity contribution in [3.8, 4) is 5.75 Å². The molecule has 0 radical (unpaired) electrons. The molecule has 7 nitrogen and oxygen atoms in total. The van der Waals surface area contributed by atoms with Gasteiger partial charge in [0.15, 0.2) is 17.2 Å². The summed E-state index contributed by atoms with van der Waals surface area (Å²) in [5.41, 5.74) is 0.805. The molecule has 0 N–H and O–H groups in total. The summed E-state index contributed by atoms with van der Waals surface area (Å²) in [5, 5.41) is 5.76. The minimum Gasteiger partial charge on any atom is -0.493 e. The Morgan fingerprint density at radius 1 is 1.23 bits per heavy atom. The largest absolute Gasteiger partial charge is 0.493 e. The van der Waals surface area contributed by atoms with E-state index in [9.17, 15) is 0 Å². The number of aromatic nitrogens is 5. The summed E-state index contributed by atoms with van der Waals surface area (Å²) in [4.78, 5) is 11.8. The third kappa shape index (κ3) is 2.63. The molecule has 3 aromatic rings. The van der Waals surface area contributed by atoms with Crippen molar-refractivity contribution in [3.05, 3.63) is 30.0 Å². The first-order valence-electron chi connectivity index (χ1n) is 9.15. The van der Waals surface area contributed by atoms with E-state index in [1.54, 1.807) is 7.11 Å². The van der Waals surface area contributed by atoms with Crippen LogP contribution in [0.4, 0.5) is 5.13 Å². The number of fused-ring (bicyclic) bond motifs is 3. The number of aryl methyl sites for hydroxylation is 1. The number of anilines is 1. The van der Waals surface area contributed by atoms with E-state index < -0.39 is 0 Å². The summed E-state index contributed by atoms with van der Waals surface area (Å²) in [6.07, 6.45) is 5.47. The average molecular weight is 370 g/mol. The van der Waals surface area contributed by atoms with E-state index in [4.69, 9.17) is 9.72 Å². The van der Waals surface area contributed by atoms with Crippen LogP contribution >= 0.6 is 11.5 Å². The van der Waals surface area contributed by atoms with Gasteiger partial charge in [-0.3, -0.25) is 0 Å². The van der Waals surface area contributed by atoms with Crippen LogP contribution in [0.5, 0.6) is 5.75 Å². The fraction of sp³-hybridized carbons (Fsp3) is 0.556. The quantitative estimate of drug-likeness (QED) is 0.703. The zero-order valence-corrected chi connectivity index (χ0v) is 15.8. The van der Waals surface area contributed by atoms with Gasteiger partial charge in [-0.05, 0) is 49.7 Å². The van der Waals surface area contributed by atoms with Crippen LogP contribution in [0.25, 0.3) is 5.65 Å². The van der Waals surface area contributed by atoms with E-state index in [-0.39, 0.29) is 0 Å². The Morgan fingerprint density at radius 3 is 2.73 bits per heavy atom. The first-order chi connectivity index (χ1) is 12.7. The standard InChI is InChI=1S/C18H22N6OS/c1-11-19-18(26-22-11)23-9-12-5-6-13(10-23)14(12)8-16-20-17-15(25-2)4-3-7-24(17)21-16/h3-4,7,12-14H,5-6,8-10H2,1-2H3/t12-,13+,14?. The molecule has 1 saturated heterocycles. The fourth-order valence-corrected chi connectivity index (χ4v) is 5.31. The second kappa shape index (κ2) is 6.19. The monoisotopic (exact) mass is 370 g/mol. The number of nitrogens with zero attached hydrogens (tertiary/aromatic N) is 6. The Morgan fingerprint density at radius 2 is 2.04 bits per heavy atom. The Balaban J connectivity index is 1.36. The first kappa shape index (κ1) is 16.0. The fourth-order valence-electron chi connectivity index (χ4n) is 4.62. The summed E-state index contributed by atoms with van der Waals surface area (Å²) >= 11 is 1.52. The molecule has 1 aliphatic heterocycles. The van der Waals surface area contributed by atoms with E-state index >= 15 is 0 Å². The van der Waals surface area contributed by atoms with E-state index in [1.807, 2.05) is 29.8 Å². The maximum atomic E-state index is 5.41. The Hall–Kier alpha value is -2.22. The minimum atomic E-state index is 0.656. The number of hydrogen-bond acceptors (Lipinski definition) is 7. The molecule has 2 aliphatic rings. The molecule has 2 fully saturated rings. The third-order valence-electron chi connectivity index (χ3n) is 5.82. The van der Waals surface area contributed by atoms with Crippen molar-refractivity contribution in [2.45, 2.75) is 26.2 Å². The molecule has 3 aromatic heterocycles. The Kier molecular flexibility index (Phi) is 3.81. The highest BCUT2D eigenvalue weighted by molar-refractivity contribution is 7.09. The van der Waals surface area contributed by atoms with Crippen molar-refractivity contribution in [1.82, 2.24) is 24.0 Å². The van der Waals surface area contributed by atoms with Crippen LogP contribution in [0.2, 0.25) is 0 Å². The van der Waals surface area contributed by atoms with Gasteiger partial charge >= 0.3 is 0 Å². The van der Waals surface area contributed by atoms with Gasteiger partial charge in [-0.15, -0.1) is 0 Å². The highest BCUT2D eigenvalue weighted by Crippen LogP contribution is 2.44. The highest BCUT2D eigenvalue weighted by atomic mass is 32.1. The van der Waals surface area contributed by atoms with E-state index in [0.717, 1.165) is 47.7 Å². The lowest BCUT2D eigenvalue weighted by molar-refractivity contribution is 0.265. The van der Waals surface area contributed by atoms with E-state index in [0.29, 0.717) is 17.8 Å². The molecule has 1 unspecified atom stereocenters. The molecule has 136 valence electrons. The SMILES string of the molecule is COc1cccn2nc(CC3[C@@H]4CC[C@H]3CN(c3nc(C)ns3)C4)nc12. The maximum Gasteiger partial charge on any atom is 0.205 e. The maximum absolute atomic E-state index is 5.41. The molecule has 0 aromatic carbocycles. The van der Waals surface area contributed by atoms with Crippen molar-refractivity contribution >= 4 is 22.3 Å². The van der Waals surface area contributed by atoms with Crippen LogP contribution in [0, 0.1) is 24.7 Å². The van der Waals surface area contributed by atoms with Crippen LogP contribution in [-0.2, 0) is 6.42 Å². The molecular formula is C18H22N6OS. The zero-order valence-electron chi connectivity index (χ0n) is 15.0. The summed E-state index contributed by atoms with van der Waals surface area (Å²) in [5.74, 6) is 4.61. The number of rotatable bonds is 4. The molecule has 0 spiro atoms. The van der Waals surface area contributed by atoms with Crippen LogP contribution in [-0.4, -0.2) is 44.2 Å². The lowest BCUT2D eigenvalue weighted by Crippen LogP contribution is -2.42. The molecule has 1 aliphatic carbocycles. The zero-order chi connectivity index (χ0) is 17.7. The second-order valence-corrected chi connectivity index (χ2v) is 8.10. The van der Waals surface area contributed by atoms with Crippen LogP contribution in [0.15, 0.2) is 18.3 Å². The third-order valence-corrected chi connectivity index (χ3v) is 6.69. The first-order valence-corrected chi connectivity index (χ1v) is 9.92. The van der Waals surface area contributed by atoms with Gasteiger partial charge < -0.3 is 9.64 Å². The summed E-state index contributed by atoms with van der Waals surface area (Å²) in [6, 6.07) is 3.87. The minimum absolute atomic E-state index is 0.656. The van der Waals surface area contributed by atoms with E-state index in [1.165, 1.54) is 24.4 Å². The molecule has 8 heteroatoms. The number of piperidine rings is 1. The van der Waals surface area contributed by atoms with E-state index in [2.05, 4.69) is 19.4 Å². The molecule has 5 rings (SSSR count). The van der Waals surface area contributed by atoms with Gasteiger partial charge in [-0.1, -0.05) is 0 Å². The van der Waals surface area contributed by atoms with Crippen molar-refractivity contribution in [3.63, 3.8) is 0 Å². The van der Waals surface area contributed by atoms with Gasteiger partial charge in [0.25, 0.3) is 0 Å². The molecule has 2 bridgehead atoms. The average Bonchev–Trinajstić information content (AvgIpc) is 3.31. The lowest BCUT2D eigenvalue weighted by atomic mass is 9.82. The topological polar surface area (TPSA) is 68.4 Å². The predicted octanol–water partition coefficient (Wildman–Crippen LogP) is 2.60. The van der Waals surface area contributed by atoms with Gasteiger partial charge in [0.1, 0.15) is 5.82 Å². The highest BCUT2D eigenvalue weighted by Gasteiger charge is 2.43. The molecule has 4 heterocycles. The molecular weight excluding hydrogens is 348 g/mol. The lowest BCUT2D eigenvalue weighted by Gasteiger charge is -2.37. The molecule has 26 heavy (non-hydrogen) atoms. The van der Waals surface area contributed by atoms with Gasteiger partial charge in [-0.2, -0.15) is 9.47 Å². The summed E-state index contributed by atoms with van der Waals surface area (Å²) < 4.78 is 11.6. The molecule has 0 amide bonds. The Labute approximate surface area is 156 Å². The number of ether oxygens (including phenoxy) is 1. The van der Waals surface area contributed by atoms with Crippen LogP contribution in [0.3, 0.4) is 0 Å². The predicted molar refractivity (Wildman–Crippen MR) is 99.8 cm³/mol. The normalized spacial score (nSPS) is 25.2. The van der Waals surface area contributed by atoms with Gasteiger partial charge in [0, 0.05) is 37.2 Å². The number of hydrogen-bond donors (Lipinski definition) is 0. The van der Waals surface area contributed by atoms with Crippen molar-refractivity contribution in [1.29, 1.82) is 0 Å². The van der Waals surface area contributed by atoms with Crippen molar-refractivity contribution in [2.24, 2.45) is 17.8 Å². The van der Waals surface area contributed by atoms with Crippen LogP contribution < -0.4 is 9.64 Å². The van der Waals surface area contributed by atoms with Gasteiger partial charge in [0.2, 0.25) is 5.13 Å². The number of pyridine rings is 1. The van der Waals surface area contributed by atoms with Crippen LogP contribution in [0.1, 0.15) is 24.5 Å².